The standard InChI is InChI=1S/C6H10O2.HI/c1-3-5-8-6(7)4-2;/h4H,2-3,5H2,1H3;1H. The summed E-state index contributed by atoms with van der Waals surface area (Å²) >= 11 is 0. The van der Waals surface area contributed by atoms with Crippen LogP contribution in [0.15, 0.2) is 12.7 Å². The second-order valence-corrected chi connectivity index (χ2v) is 1.37. The number of esters is 1. The van der Waals surface area contributed by atoms with Gasteiger partial charge in [0.1, 0.15) is 0 Å². The molecule has 0 aliphatic rings. The van der Waals surface area contributed by atoms with Crippen molar-refractivity contribution in [1.29, 1.82) is 0 Å². The summed E-state index contributed by atoms with van der Waals surface area (Å²) in [6.45, 7) is 5.67. The molecule has 9 heavy (non-hydrogen) atoms. The highest BCUT2D eigenvalue weighted by Gasteiger charge is 1.89. The van der Waals surface area contributed by atoms with E-state index in [0.717, 1.165) is 12.5 Å². The van der Waals surface area contributed by atoms with Crippen LogP contribution in [-0.2, 0) is 9.53 Å². The number of rotatable bonds is 3. The van der Waals surface area contributed by atoms with E-state index in [1.54, 1.807) is 0 Å². The Kier molecular flexibility index (Phi) is 10.3. The molecule has 0 bridgehead atoms. The lowest BCUT2D eigenvalue weighted by Gasteiger charge is -1.94. The van der Waals surface area contributed by atoms with Crippen molar-refractivity contribution < 1.29 is 9.53 Å². The van der Waals surface area contributed by atoms with Crippen molar-refractivity contribution in [3.63, 3.8) is 0 Å². The van der Waals surface area contributed by atoms with Crippen LogP contribution >= 0.6 is 24.0 Å². The maximum Gasteiger partial charge on any atom is 0.330 e. The Morgan fingerprint density at radius 2 is 2.33 bits per heavy atom. The first-order valence-electron chi connectivity index (χ1n) is 2.60. The highest BCUT2D eigenvalue weighted by atomic mass is 127. The number of ether oxygens (including phenoxy) is 1. The zero-order valence-corrected chi connectivity index (χ0v) is 7.75. The van der Waals surface area contributed by atoms with Crippen LogP contribution in [0.2, 0.25) is 0 Å². The molecule has 0 aromatic carbocycles. The maximum atomic E-state index is 10.2. The predicted molar refractivity (Wildman–Crippen MR) is 46.9 cm³/mol. The van der Waals surface area contributed by atoms with Crippen LogP contribution in [0.3, 0.4) is 0 Å². The van der Waals surface area contributed by atoms with Gasteiger partial charge in [-0.3, -0.25) is 0 Å². The van der Waals surface area contributed by atoms with Crippen molar-refractivity contribution in [2.24, 2.45) is 0 Å². The zero-order valence-electron chi connectivity index (χ0n) is 5.42. The van der Waals surface area contributed by atoms with Gasteiger partial charge in [-0.2, -0.15) is 0 Å². The number of carbonyl (C=O) groups excluding carboxylic acids is 1. The van der Waals surface area contributed by atoms with Gasteiger partial charge in [-0.05, 0) is 6.42 Å². The van der Waals surface area contributed by atoms with Gasteiger partial charge in [0.05, 0.1) is 6.61 Å². The second-order valence-electron chi connectivity index (χ2n) is 1.37. The van der Waals surface area contributed by atoms with Crippen molar-refractivity contribution in [2.75, 3.05) is 6.61 Å². The average Bonchev–Trinajstić information content (AvgIpc) is 1.83. The Morgan fingerprint density at radius 1 is 1.78 bits per heavy atom. The highest BCUT2D eigenvalue weighted by Crippen LogP contribution is 1.81. The maximum absolute atomic E-state index is 10.2. The van der Waals surface area contributed by atoms with Crippen LogP contribution in [0.4, 0.5) is 0 Å². The minimum absolute atomic E-state index is 0. The smallest absolute Gasteiger partial charge is 0.330 e. The molecule has 0 radical (unpaired) electrons. The third kappa shape index (κ3) is 7.94. The Hall–Kier alpha value is -0.0600. The van der Waals surface area contributed by atoms with E-state index in [-0.39, 0.29) is 29.9 Å². The van der Waals surface area contributed by atoms with Gasteiger partial charge in [0, 0.05) is 6.08 Å². The van der Waals surface area contributed by atoms with Gasteiger partial charge in [0.2, 0.25) is 0 Å². The quantitative estimate of drug-likeness (QED) is 0.428. The molecule has 3 heteroatoms. The highest BCUT2D eigenvalue weighted by molar-refractivity contribution is 14.0. The molecule has 0 saturated heterocycles. The molecule has 0 aliphatic carbocycles. The van der Waals surface area contributed by atoms with E-state index in [4.69, 9.17) is 0 Å². The van der Waals surface area contributed by atoms with Crippen LogP contribution in [0.1, 0.15) is 13.3 Å². The lowest BCUT2D eigenvalue weighted by atomic mass is 10.5. The molecular weight excluding hydrogens is 231 g/mol. The van der Waals surface area contributed by atoms with E-state index in [1.165, 1.54) is 0 Å². The number of hydrogen-bond donors (Lipinski definition) is 0. The minimum atomic E-state index is -0.341. The van der Waals surface area contributed by atoms with Gasteiger partial charge in [0.25, 0.3) is 0 Å². The van der Waals surface area contributed by atoms with Crippen molar-refractivity contribution >= 4 is 29.9 Å². The monoisotopic (exact) mass is 242 g/mol. The van der Waals surface area contributed by atoms with E-state index in [2.05, 4.69) is 11.3 Å². The number of hydrogen-bond acceptors (Lipinski definition) is 2. The van der Waals surface area contributed by atoms with E-state index in [9.17, 15) is 4.79 Å². The van der Waals surface area contributed by atoms with Gasteiger partial charge < -0.3 is 4.74 Å². The first-order chi connectivity index (χ1) is 3.81. The van der Waals surface area contributed by atoms with E-state index in [1.807, 2.05) is 6.92 Å². The summed E-state index contributed by atoms with van der Waals surface area (Å²) in [5, 5.41) is 0. The summed E-state index contributed by atoms with van der Waals surface area (Å²) < 4.78 is 4.58. The zero-order chi connectivity index (χ0) is 6.41. The molecule has 0 aliphatic heterocycles. The van der Waals surface area contributed by atoms with E-state index >= 15 is 0 Å². The van der Waals surface area contributed by atoms with E-state index in [0.29, 0.717) is 6.61 Å². The molecule has 0 saturated carbocycles. The Labute approximate surface area is 72.3 Å². The van der Waals surface area contributed by atoms with Gasteiger partial charge in [-0.1, -0.05) is 13.5 Å². The predicted octanol–water partition coefficient (Wildman–Crippen LogP) is 1.74. The fourth-order valence-electron chi connectivity index (χ4n) is 0.262. The number of carbonyl (C=O) groups is 1. The molecule has 0 spiro atoms. The normalized spacial score (nSPS) is 7.22. The Morgan fingerprint density at radius 3 is 2.67 bits per heavy atom. The summed E-state index contributed by atoms with van der Waals surface area (Å²) in [6.07, 6.45) is 2.02. The minimum Gasteiger partial charge on any atom is -0.463 e. The molecule has 0 unspecified atom stereocenters. The van der Waals surface area contributed by atoms with Gasteiger partial charge in [-0.25, -0.2) is 4.79 Å². The third-order valence-electron chi connectivity index (χ3n) is 0.615. The summed E-state index contributed by atoms with van der Waals surface area (Å²) in [4.78, 5) is 10.2. The first-order valence-corrected chi connectivity index (χ1v) is 2.60. The second kappa shape index (κ2) is 7.94. The van der Waals surface area contributed by atoms with Crippen molar-refractivity contribution in [2.45, 2.75) is 13.3 Å². The van der Waals surface area contributed by atoms with Crippen LogP contribution < -0.4 is 0 Å². The van der Waals surface area contributed by atoms with Crippen LogP contribution in [-0.4, -0.2) is 12.6 Å². The van der Waals surface area contributed by atoms with Gasteiger partial charge in [-0.15, -0.1) is 24.0 Å². The van der Waals surface area contributed by atoms with Crippen molar-refractivity contribution in [3.05, 3.63) is 12.7 Å². The molecule has 0 N–H and O–H groups in total. The molecule has 0 fully saturated rings. The summed E-state index contributed by atoms with van der Waals surface area (Å²) in [5.41, 5.74) is 0. The van der Waals surface area contributed by atoms with Crippen LogP contribution in [0, 0.1) is 0 Å². The fraction of sp³-hybridized carbons (Fsp3) is 0.500. The summed E-state index contributed by atoms with van der Waals surface area (Å²) in [6, 6.07) is 0. The molecule has 54 valence electrons. The van der Waals surface area contributed by atoms with E-state index < -0.39 is 0 Å². The summed E-state index contributed by atoms with van der Waals surface area (Å²) in [5.74, 6) is -0.341. The topological polar surface area (TPSA) is 26.3 Å². The largest absolute Gasteiger partial charge is 0.463 e. The molecule has 2 nitrogen and oxygen atoms in total. The molecule has 0 heterocycles. The molecule has 0 aromatic heterocycles. The SMILES string of the molecule is C=CC(=O)OCCC.I. The van der Waals surface area contributed by atoms with Crippen LogP contribution in [0.25, 0.3) is 0 Å². The molecule has 0 atom stereocenters. The van der Waals surface area contributed by atoms with Gasteiger partial charge >= 0.3 is 5.97 Å². The van der Waals surface area contributed by atoms with Crippen molar-refractivity contribution in [3.8, 4) is 0 Å². The summed E-state index contributed by atoms with van der Waals surface area (Å²) in [7, 11) is 0. The fourth-order valence-corrected chi connectivity index (χ4v) is 0.262. The Bertz CT molecular complexity index is 91.1. The van der Waals surface area contributed by atoms with Gasteiger partial charge in [0.15, 0.2) is 0 Å². The van der Waals surface area contributed by atoms with Crippen molar-refractivity contribution in [1.82, 2.24) is 0 Å². The first kappa shape index (κ1) is 11.7. The molecule has 0 rings (SSSR count). The molecular formula is C6H11IO2. The van der Waals surface area contributed by atoms with Crippen LogP contribution in [0.5, 0.6) is 0 Å². The molecule has 0 amide bonds. The lowest BCUT2D eigenvalue weighted by molar-refractivity contribution is -0.137. The molecule has 0 aromatic rings. The Balaban J connectivity index is 0. The average molecular weight is 242 g/mol. The lowest BCUT2D eigenvalue weighted by Crippen LogP contribution is -1.99. The third-order valence-corrected chi connectivity index (χ3v) is 0.615. The number of halogens is 1.